The Morgan fingerprint density at radius 1 is 0.226 bits per heavy atom. The molecule has 0 saturated heterocycles. The molecule has 62 heavy (non-hydrogen) atoms. The van der Waals surface area contributed by atoms with Crippen molar-refractivity contribution in [2.45, 2.75) is 0 Å². The van der Waals surface area contributed by atoms with Crippen LogP contribution in [0.4, 0.5) is 0 Å². The van der Waals surface area contributed by atoms with Crippen molar-refractivity contribution < 1.29 is 9.47 Å². The van der Waals surface area contributed by atoms with Gasteiger partial charge in [0.05, 0.1) is 14.2 Å². The van der Waals surface area contributed by atoms with Crippen LogP contribution in [0.1, 0.15) is 0 Å². The van der Waals surface area contributed by atoms with Gasteiger partial charge >= 0.3 is 0 Å². The highest BCUT2D eigenvalue weighted by atomic mass is 16.5. The Morgan fingerprint density at radius 2 is 0.548 bits per heavy atom. The predicted octanol–water partition coefficient (Wildman–Crippen LogP) is 16.4. The molecule has 0 aliphatic heterocycles. The smallest absolute Gasteiger partial charge is 0.127 e. The highest BCUT2D eigenvalue weighted by Crippen LogP contribution is 2.45. The van der Waals surface area contributed by atoms with Crippen molar-refractivity contribution in [1.29, 1.82) is 0 Å². The number of hydrogen-bond acceptors (Lipinski definition) is 2. The lowest BCUT2D eigenvalue weighted by Gasteiger charge is -2.18. The van der Waals surface area contributed by atoms with E-state index >= 15 is 0 Å². The molecule has 0 radical (unpaired) electrons. The molecule has 0 amide bonds. The molecule has 0 N–H and O–H groups in total. The Bertz CT molecular complexity index is 3530. The molecule has 12 aromatic carbocycles. The van der Waals surface area contributed by atoms with Crippen LogP contribution in [0.5, 0.6) is 11.5 Å². The van der Waals surface area contributed by atoms with Crippen molar-refractivity contribution in [2.75, 3.05) is 14.2 Å². The van der Waals surface area contributed by atoms with Gasteiger partial charge in [0.1, 0.15) is 11.5 Å². The van der Waals surface area contributed by atoms with E-state index in [-0.39, 0.29) is 0 Å². The summed E-state index contributed by atoms with van der Waals surface area (Å²) in [6.07, 6.45) is 0. The van der Waals surface area contributed by atoms with E-state index in [1.54, 1.807) is 14.2 Å². The minimum absolute atomic E-state index is 0.848. The number of ether oxygens (including phenoxy) is 2. The Kier molecular flexibility index (Phi) is 8.33. The lowest BCUT2D eigenvalue weighted by molar-refractivity contribution is 0.416. The van der Waals surface area contributed by atoms with E-state index in [4.69, 9.17) is 9.47 Å². The van der Waals surface area contributed by atoms with Crippen LogP contribution >= 0.6 is 0 Å². The second-order valence-corrected chi connectivity index (χ2v) is 16.3. The number of benzene rings is 12. The molecule has 0 spiro atoms. The van der Waals surface area contributed by atoms with Crippen molar-refractivity contribution in [2.24, 2.45) is 0 Å². The molecule has 12 aromatic rings. The van der Waals surface area contributed by atoms with Crippen molar-refractivity contribution in [3.8, 4) is 56.0 Å². The fourth-order valence-corrected chi connectivity index (χ4v) is 9.96. The highest BCUT2D eigenvalue weighted by Gasteiger charge is 2.18. The largest absolute Gasteiger partial charge is 0.496 e. The third-order valence-electron chi connectivity index (χ3n) is 13.0. The molecular formula is C60H40O2. The van der Waals surface area contributed by atoms with E-state index in [0.717, 1.165) is 44.9 Å². The predicted molar refractivity (Wildman–Crippen MR) is 264 cm³/mol. The summed E-state index contributed by atoms with van der Waals surface area (Å²) in [7, 11) is 3.55. The second-order valence-electron chi connectivity index (χ2n) is 16.3. The first kappa shape index (κ1) is 36.0. The Hall–Kier alpha value is -7.94. The molecule has 0 bridgehead atoms. The van der Waals surface area contributed by atoms with Gasteiger partial charge in [-0.25, -0.2) is 0 Å². The average Bonchev–Trinajstić information content (AvgIpc) is 3.35. The molecule has 0 aromatic heterocycles. The average molecular weight is 793 g/mol. The lowest BCUT2D eigenvalue weighted by atomic mass is 9.87. The number of methoxy groups -OCH3 is 2. The van der Waals surface area contributed by atoms with E-state index in [1.807, 2.05) is 0 Å². The summed E-state index contributed by atoms with van der Waals surface area (Å²) in [6, 6.07) is 75.2. The van der Waals surface area contributed by atoms with Gasteiger partial charge < -0.3 is 9.47 Å². The van der Waals surface area contributed by atoms with Crippen LogP contribution in [0, 0.1) is 0 Å². The monoisotopic (exact) mass is 792 g/mol. The van der Waals surface area contributed by atoms with E-state index in [2.05, 4.69) is 206 Å². The molecular weight excluding hydrogens is 753 g/mol. The Balaban J connectivity index is 0.994. The number of hydrogen-bond donors (Lipinski definition) is 0. The van der Waals surface area contributed by atoms with Crippen molar-refractivity contribution in [3.63, 3.8) is 0 Å². The summed E-state index contributed by atoms with van der Waals surface area (Å²) in [5.74, 6) is 1.70. The van der Waals surface area contributed by atoms with Gasteiger partial charge in [0.25, 0.3) is 0 Å². The summed E-state index contributed by atoms with van der Waals surface area (Å²) in [4.78, 5) is 0. The molecule has 0 atom stereocenters. The fourth-order valence-electron chi connectivity index (χ4n) is 9.96. The quantitative estimate of drug-likeness (QED) is 0.156. The molecule has 2 heteroatoms. The standard InChI is InChI=1S/C60H40O2/c1-61-59-33-43(27-29-47(59)41-25-23-39-21-19-37-11-3-5-13-45(37)53(39)31-41)55-35-57-52-18-10-8-16-50(52)56(36-58(57)51-17-9-7-15-49(51)55)44-28-30-48(60(34-44)62-2)42-26-24-40-22-20-38-12-4-6-14-46(38)54(40)32-42/h3-36H,1-2H3. The molecule has 0 heterocycles. The van der Waals surface area contributed by atoms with Gasteiger partial charge in [0.2, 0.25) is 0 Å². The van der Waals surface area contributed by atoms with Crippen LogP contribution in [0.15, 0.2) is 206 Å². The van der Waals surface area contributed by atoms with Gasteiger partial charge in [-0.05, 0) is 145 Å². The van der Waals surface area contributed by atoms with Crippen molar-refractivity contribution in [1.82, 2.24) is 0 Å². The second kappa shape index (κ2) is 14.4. The maximum Gasteiger partial charge on any atom is 0.127 e. The molecule has 0 saturated carbocycles. The SMILES string of the molecule is COc1cc(-c2cc3c4ccccc4c(-c4ccc(-c5ccc6ccc7ccccc7c6c5)c(OC)c4)cc3c3ccccc23)ccc1-c1ccc2ccc3ccccc3c2c1. The van der Waals surface area contributed by atoms with Crippen LogP contribution in [-0.4, -0.2) is 14.2 Å². The molecule has 12 rings (SSSR count). The number of rotatable bonds is 6. The summed E-state index contributed by atoms with van der Waals surface area (Å²) < 4.78 is 12.4. The third kappa shape index (κ3) is 5.72. The van der Waals surface area contributed by atoms with Gasteiger partial charge in [-0.15, -0.1) is 0 Å². The molecule has 0 unspecified atom stereocenters. The van der Waals surface area contributed by atoms with Gasteiger partial charge in [0, 0.05) is 11.1 Å². The molecule has 0 aliphatic rings. The highest BCUT2D eigenvalue weighted by molar-refractivity contribution is 6.24. The minimum atomic E-state index is 0.848. The maximum absolute atomic E-state index is 6.18. The topological polar surface area (TPSA) is 18.5 Å². The third-order valence-corrected chi connectivity index (χ3v) is 13.0. The van der Waals surface area contributed by atoms with Crippen LogP contribution in [0.25, 0.3) is 120 Å². The summed E-state index contributed by atoms with van der Waals surface area (Å²) in [5, 5.41) is 17.2. The summed E-state index contributed by atoms with van der Waals surface area (Å²) >= 11 is 0. The van der Waals surface area contributed by atoms with Gasteiger partial charge in [0.15, 0.2) is 0 Å². The summed E-state index contributed by atoms with van der Waals surface area (Å²) in [5.41, 5.74) is 8.99. The van der Waals surface area contributed by atoms with Crippen LogP contribution in [0.2, 0.25) is 0 Å². The fraction of sp³-hybridized carbons (Fsp3) is 0.0333. The Labute approximate surface area is 359 Å². The molecule has 0 aliphatic carbocycles. The normalized spacial score (nSPS) is 11.7. The number of fused-ring (bicyclic) bond motifs is 11. The summed E-state index contributed by atoms with van der Waals surface area (Å²) in [6.45, 7) is 0. The van der Waals surface area contributed by atoms with Crippen molar-refractivity contribution in [3.05, 3.63) is 206 Å². The zero-order chi connectivity index (χ0) is 41.3. The van der Waals surface area contributed by atoms with Gasteiger partial charge in [-0.1, -0.05) is 170 Å². The van der Waals surface area contributed by atoms with E-state index in [0.29, 0.717) is 0 Å². The minimum Gasteiger partial charge on any atom is -0.496 e. The first-order valence-electron chi connectivity index (χ1n) is 21.2. The van der Waals surface area contributed by atoms with Gasteiger partial charge in [-0.2, -0.15) is 0 Å². The molecule has 0 fully saturated rings. The van der Waals surface area contributed by atoms with E-state index in [1.165, 1.54) is 86.5 Å². The van der Waals surface area contributed by atoms with Crippen LogP contribution in [0.3, 0.4) is 0 Å². The first-order chi connectivity index (χ1) is 30.6. The van der Waals surface area contributed by atoms with Gasteiger partial charge in [-0.3, -0.25) is 0 Å². The zero-order valence-electron chi connectivity index (χ0n) is 34.4. The Morgan fingerprint density at radius 3 is 0.968 bits per heavy atom. The van der Waals surface area contributed by atoms with Crippen molar-refractivity contribution >= 4 is 75.4 Å². The first-order valence-corrected chi connectivity index (χ1v) is 21.2. The van der Waals surface area contributed by atoms with Crippen LogP contribution < -0.4 is 9.47 Å². The van der Waals surface area contributed by atoms with Crippen LogP contribution in [-0.2, 0) is 0 Å². The maximum atomic E-state index is 6.18. The zero-order valence-corrected chi connectivity index (χ0v) is 34.4. The molecule has 292 valence electrons. The molecule has 2 nitrogen and oxygen atoms in total. The van der Waals surface area contributed by atoms with E-state index < -0.39 is 0 Å². The van der Waals surface area contributed by atoms with E-state index in [9.17, 15) is 0 Å². The lowest BCUT2D eigenvalue weighted by Crippen LogP contribution is -1.93.